The van der Waals surface area contributed by atoms with E-state index in [1.54, 1.807) is 12.3 Å². The first-order valence-corrected chi connectivity index (χ1v) is 6.63. The summed E-state index contributed by atoms with van der Waals surface area (Å²) in [6.07, 6.45) is 1.05. The third-order valence-electron chi connectivity index (χ3n) is 2.49. The van der Waals surface area contributed by atoms with Crippen LogP contribution in [-0.4, -0.2) is 26.2 Å². The number of aromatic hydroxyl groups is 1. The molecule has 0 bridgehead atoms. The zero-order valence-electron chi connectivity index (χ0n) is 11.1. The van der Waals surface area contributed by atoms with Gasteiger partial charge in [0.2, 0.25) is 10.9 Å². The molecule has 0 spiro atoms. The second-order valence-corrected chi connectivity index (χ2v) is 4.94. The van der Waals surface area contributed by atoms with Crippen molar-refractivity contribution in [2.24, 2.45) is 5.10 Å². The van der Waals surface area contributed by atoms with Crippen LogP contribution in [0.1, 0.15) is 11.3 Å². The van der Waals surface area contributed by atoms with Crippen LogP contribution in [-0.2, 0) is 0 Å². The summed E-state index contributed by atoms with van der Waals surface area (Å²) in [5.41, 5.74) is 1.92. The number of aryl methyl sites for hydroxylation is 1. The highest BCUT2D eigenvalue weighted by atomic mass is 32.1. The molecule has 0 atom stereocenters. The molecule has 2 aromatic rings. The molecule has 1 aromatic heterocycles. The second-order valence-electron chi connectivity index (χ2n) is 4.08. The fourth-order valence-corrected chi connectivity index (χ4v) is 2.17. The number of nitrogens with zero attached hydrogens (tertiary/aromatic N) is 4. The van der Waals surface area contributed by atoms with Gasteiger partial charge in [-0.2, -0.15) is 5.10 Å². The summed E-state index contributed by atoms with van der Waals surface area (Å²) in [4.78, 5) is 23.9. The van der Waals surface area contributed by atoms with E-state index in [0.29, 0.717) is 11.2 Å². The summed E-state index contributed by atoms with van der Waals surface area (Å²) in [6, 6.07) is 1.67. The second kappa shape index (κ2) is 6.13. The molecule has 0 aliphatic heterocycles. The molecule has 0 unspecified atom stereocenters. The number of thiazole rings is 1. The first-order valence-electron chi connectivity index (χ1n) is 5.75. The number of non-ortho nitro benzene ring substituents is 1. The van der Waals surface area contributed by atoms with Gasteiger partial charge in [0, 0.05) is 11.4 Å². The molecule has 0 aliphatic rings. The number of nitro groups is 2. The minimum atomic E-state index is -0.905. The number of anilines is 1. The molecule has 114 valence electrons. The minimum absolute atomic E-state index is 0.151. The van der Waals surface area contributed by atoms with Gasteiger partial charge in [-0.15, -0.1) is 11.3 Å². The Morgan fingerprint density at radius 1 is 1.36 bits per heavy atom. The molecule has 11 heteroatoms. The van der Waals surface area contributed by atoms with Crippen molar-refractivity contribution in [1.29, 1.82) is 0 Å². The largest absolute Gasteiger partial charge is 0.502 e. The van der Waals surface area contributed by atoms with Crippen LogP contribution in [0.4, 0.5) is 16.5 Å². The standard InChI is InChI=1S/C11H9N5O5S/c1-6-5-22-11(13-6)14-12-4-7-2-8(15(18)19)3-9(10(7)17)16(20)21/h2-5,17H,1H3,(H,13,14). The SMILES string of the molecule is Cc1csc(NN=Cc2cc([N+](=O)[O-])cc([N+](=O)[O-])c2O)n1. The Bertz CT molecular complexity index is 772. The van der Waals surface area contributed by atoms with E-state index in [2.05, 4.69) is 15.5 Å². The van der Waals surface area contributed by atoms with Crippen molar-refractivity contribution in [1.82, 2.24) is 4.98 Å². The van der Waals surface area contributed by atoms with Crippen LogP contribution in [0.2, 0.25) is 0 Å². The normalized spacial score (nSPS) is 10.8. The molecule has 0 radical (unpaired) electrons. The lowest BCUT2D eigenvalue weighted by Gasteiger charge is -2.01. The van der Waals surface area contributed by atoms with Crippen LogP contribution in [0.5, 0.6) is 5.75 Å². The van der Waals surface area contributed by atoms with Crippen LogP contribution in [0, 0.1) is 27.2 Å². The predicted molar refractivity (Wildman–Crippen MR) is 79.5 cm³/mol. The predicted octanol–water partition coefficient (Wildman–Crippen LogP) is 2.42. The summed E-state index contributed by atoms with van der Waals surface area (Å²) in [6.45, 7) is 1.79. The zero-order chi connectivity index (χ0) is 16.3. The molecule has 1 aromatic carbocycles. The average Bonchev–Trinajstić information content (AvgIpc) is 2.85. The Kier molecular flexibility index (Phi) is 4.27. The Balaban J connectivity index is 2.32. The van der Waals surface area contributed by atoms with Crippen LogP contribution in [0.15, 0.2) is 22.6 Å². The lowest BCUT2D eigenvalue weighted by molar-refractivity contribution is -0.394. The Morgan fingerprint density at radius 3 is 2.64 bits per heavy atom. The van der Waals surface area contributed by atoms with Crippen molar-refractivity contribution in [3.8, 4) is 5.75 Å². The van der Waals surface area contributed by atoms with Gasteiger partial charge in [-0.3, -0.25) is 25.7 Å². The number of hydrogen-bond acceptors (Lipinski definition) is 9. The van der Waals surface area contributed by atoms with Crippen molar-refractivity contribution >= 4 is 34.1 Å². The van der Waals surface area contributed by atoms with Crippen LogP contribution >= 0.6 is 11.3 Å². The lowest BCUT2D eigenvalue weighted by atomic mass is 10.1. The molecule has 0 fully saturated rings. The van der Waals surface area contributed by atoms with E-state index in [4.69, 9.17) is 0 Å². The molecule has 22 heavy (non-hydrogen) atoms. The third kappa shape index (κ3) is 3.32. The van der Waals surface area contributed by atoms with E-state index in [0.717, 1.165) is 18.0 Å². The Morgan fingerprint density at radius 2 is 2.09 bits per heavy atom. The Labute approximate surface area is 127 Å². The molecular weight excluding hydrogens is 314 g/mol. The minimum Gasteiger partial charge on any atom is -0.502 e. The number of rotatable bonds is 5. The number of hydrogen-bond donors (Lipinski definition) is 2. The first-order chi connectivity index (χ1) is 10.4. The van der Waals surface area contributed by atoms with Gasteiger partial charge in [-0.05, 0) is 6.92 Å². The fraction of sp³-hybridized carbons (Fsp3) is 0.0909. The van der Waals surface area contributed by atoms with Gasteiger partial charge in [0.15, 0.2) is 0 Å². The van der Waals surface area contributed by atoms with Crippen LogP contribution < -0.4 is 5.43 Å². The molecule has 10 nitrogen and oxygen atoms in total. The highest BCUT2D eigenvalue weighted by Crippen LogP contribution is 2.33. The molecule has 2 N–H and O–H groups in total. The number of aromatic nitrogens is 1. The summed E-state index contributed by atoms with van der Waals surface area (Å²) in [5, 5.41) is 37.4. The number of phenolic OH excluding ortho intramolecular Hbond substituents is 1. The van der Waals surface area contributed by atoms with E-state index in [1.807, 2.05) is 0 Å². The highest BCUT2D eigenvalue weighted by molar-refractivity contribution is 7.13. The zero-order valence-corrected chi connectivity index (χ0v) is 11.9. The van der Waals surface area contributed by atoms with Gasteiger partial charge in [-0.25, -0.2) is 4.98 Å². The van der Waals surface area contributed by atoms with Crippen LogP contribution in [0.25, 0.3) is 0 Å². The van der Waals surface area contributed by atoms with Crippen molar-refractivity contribution in [2.45, 2.75) is 6.92 Å². The third-order valence-corrected chi connectivity index (χ3v) is 3.36. The average molecular weight is 323 g/mol. The van der Waals surface area contributed by atoms with Crippen molar-refractivity contribution in [2.75, 3.05) is 5.43 Å². The highest BCUT2D eigenvalue weighted by Gasteiger charge is 2.23. The topological polar surface area (TPSA) is 144 Å². The summed E-state index contributed by atoms with van der Waals surface area (Å²) >= 11 is 1.29. The maximum atomic E-state index is 10.8. The van der Waals surface area contributed by atoms with Crippen LogP contribution in [0.3, 0.4) is 0 Å². The smallest absolute Gasteiger partial charge is 0.318 e. The summed E-state index contributed by atoms with van der Waals surface area (Å²) in [5.74, 6) is -0.698. The van der Waals surface area contributed by atoms with E-state index in [1.165, 1.54) is 11.3 Å². The molecule has 2 rings (SSSR count). The molecular formula is C11H9N5O5S. The van der Waals surface area contributed by atoms with E-state index >= 15 is 0 Å². The molecule has 0 amide bonds. The van der Waals surface area contributed by atoms with Crippen molar-refractivity contribution in [3.05, 3.63) is 49.0 Å². The van der Waals surface area contributed by atoms with Crippen molar-refractivity contribution in [3.63, 3.8) is 0 Å². The first kappa shape index (κ1) is 15.3. The van der Waals surface area contributed by atoms with Gasteiger partial charge in [0.05, 0.1) is 33.4 Å². The number of benzene rings is 1. The van der Waals surface area contributed by atoms with E-state index < -0.39 is 27.0 Å². The molecule has 0 aliphatic carbocycles. The van der Waals surface area contributed by atoms with Gasteiger partial charge in [0.25, 0.3) is 5.69 Å². The number of hydrazone groups is 1. The Hall–Kier alpha value is -3.08. The number of nitrogens with one attached hydrogen (secondary N) is 1. The maximum Gasteiger partial charge on any atom is 0.318 e. The van der Waals surface area contributed by atoms with E-state index in [9.17, 15) is 25.3 Å². The monoisotopic (exact) mass is 323 g/mol. The summed E-state index contributed by atoms with van der Waals surface area (Å²) in [7, 11) is 0. The molecule has 0 saturated heterocycles. The van der Waals surface area contributed by atoms with Gasteiger partial charge >= 0.3 is 5.69 Å². The fourth-order valence-electron chi connectivity index (χ4n) is 1.53. The summed E-state index contributed by atoms with van der Waals surface area (Å²) < 4.78 is 0. The van der Waals surface area contributed by atoms with Gasteiger partial charge < -0.3 is 5.11 Å². The van der Waals surface area contributed by atoms with Gasteiger partial charge in [0.1, 0.15) is 0 Å². The van der Waals surface area contributed by atoms with Gasteiger partial charge in [-0.1, -0.05) is 0 Å². The maximum absolute atomic E-state index is 10.8. The van der Waals surface area contributed by atoms with Crippen molar-refractivity contribution < 1.29 is 15.0 Å². The quantitative estimate of drug-likeness (QED) is 0.488. The molecule has 1 heterocycles. The molecule has 0 saturated carbocycles. The number of phenols is 1. The van der Waals surface area contributed by atoms with E-state index in [-0.39, 0.29) is 5.56 Å². The lowest BCUT2D eigenvalue weighted by Crippen LogP contribution is -1.97. The number of nitro benzene ring substituents is 2.